The third kappa shape index (κ3) is 2.45. The molecule has 2 atom stereocenters. The normalized spacial score (nSPS) is 16.9. The number of nitrogens with zero attached hydrogens (tertiary/aromatic N) is 3. The Balaban J connectivity index is 1.71. The highest BCUT2D eigenvalue weighted by Gasteiger charge is 2.41. The number of rotatable bonds is 3. The van der Waals surface area contributed by atoms with Gasteiger partial charge in [0.15, 0.2) is 17.3 Å². The van der Waals surface area contributed by atoms with Gasteiger partial charge < -0.3 is 9.32 Å². The lowest BCUT2D eigenvalue weighted by atomic mass is 9.96. The summed E-state index contributed by atoms with van der Waals surface area (Å²) in [6, 6.07) is 15.8. The molecule has 1 amide bonds. The quantitative estimate of drug-likeness (QED) is 0.728. The molecule has 1 aliphatic heterocycles. The van der Waals surface area contributed by atoms with E-state index in [1.807, 2.05) is 36.4 Å². The van der Waals surface area contributed by atoms with Crippen molar-refractivity contribution >= 4 is 28.5 Å². The van der Waals surface area contributed by atoms with Gasteiger partial charge >= 0.3 is 0 Å². The summed E-state index contributed by atoms with van der Waals surface area (Å²) in [7, 11) is 0. The fourth-order valence-corrected chi connectivity index (χ4v) is 3.45. The molecule has 26 heavy (non-hydrogen) atoms. The van der Waals surface area contributed by atoms with E-state index >= 15 is 0 Å². The van der Waals surface area contributed by atoms with E-state index in [0.717, 1.165) is 5.56 Å². The Labute approximate surface area is 149 Å². The Hall–Kier alpha value is -3.46. The van der Waals surface area contributed by atoms with Gasteiger partial charge in [0.05, 0.1) is 6.07 Å². The maximum Gasteiger partial charge on any atom is 0.224 e. The first kappa shape index (κ1) is 16.0. The number of benzene rings is 2. The van der Waals surface area contributed by atoms with Crippen LogP contribution in [-0.2, 0) is 16.0 Å². The molecule has 2 aromatic carbocycles. The molecule has 0 radical (unpaired) electrons. The first-order valence-electron chi connectivity index (χ1n) is 8.26. The average molecular weight is 345 g/mol. The van der Waals surface area contributed by atoms with Crippen molar-refractivity contribution in [1.29, 1.82) is 5.26 Å². The molecule has 0 saturated heterocycles. The zero-order chi connectivity index (χ0) is 18.3. The number of hydrogen-bond acceptors (Lipinski definition) is 5. The number of Topliss-reactive ketones (excluding diaryl/α,β-unsaturated/α-hetero) is 1. The predicted molar refractivity (Wildman–Crippen MR) is 94.5 cm³/mol. The van der Waals surface area contributed by atoms with E-state index < -0.39 is 12.0 Å². The first-order chi connectivity index (χ1) is 12.6. The van der Waals surface area contributed by atoms with E-state index in [1.54, 1.807) is 18.2 Å². The molecule has 2 heterocycles. The zero-order valence-electron chi connectivity index (χ0n) is 14.0. The number of aromatic nitrogens is 1. The highest BCUT2D eigenvalue weighted by molar-refractivity contribution is 6.05. The van der Waals surface area contributed by atoms with Gasteiger partial charge in [0.2, 0.25) is 11.8 Å². The Kier molecular flexibility index (Phi) is 3.77. The minimum atomic E-state index is -1.16. The van der Waals surface area contributed by atoms with Crippen LogP contribution >= 0.6 is 0 Å². The highest BCUT2D eigenvalue weighted by Crippen LogP contribution is 2.35. The molecule has 4 rings (SSSR count). The third-order valence-electron chi connectivity index (χ3n) is 4.61. The Bertz CT molecular complexity index is 1030. The van der Waals surface area contributed by atoms with Crippen LogP contribution in [-0.4, -0.2) is 22.7 Å². The zero-order valence-corrected chi connectivity index (χ0v) is 14.0. The Morgan fingerprint density at radius 1 is 1.23 bits per heavy atom. The average Bonchev–Trinajstić information content (AvgIpc) is 3.23. The number of para-hydroxylation sites is 3. The fraction of sp³-hybridized carbons (Fsp3) is 0.200. The standard InChI is InChI=1S/C20H15N3O3/c1-12(24)23-16-8-4-2-6-13(16)10-17(23)19(25)14(11-21)20-22-15-7-3-5-9-18(15)26-20/h2-9,14,17H,10H2,1H3/t14?,17-/m0/s1. The topological polar surface area (TPSA) is 87.2 Å². The van der Waals surface area contributed by atoms with Crippen LogP contribution in [0.25, 0.3) is 11.1 Å². The molecule has 128 valence electrons. The van der Waals surface area contributed by atoms with E-state index in [-0.39, 0.29) is 17.6 Å². The van der Waals surface area contributed by atoms with Gasteiger partial charge in [0.1, 0.15) is 11.6 Å². The second-order valence-electron chi connectivity index (χ2n) is 6.22. The molecule has 1 aliphatic rings. The first-order valence-corrected chi connectivity index (χ1v) is 8.26. The van der Waals surface area contributed by atoms with Gasteiger partial charge in [-0.2, -0.15) is 5.26 Å². The van der Waals surface area contributed by atoms with E-state index in [0.29, 0.717) is 23.2 Å². The van der Waals surface area contributed by atoms with Crippen LogP contribution < -0.4 is 4.90 Å². The molecule has 1 unspecified atom stereocenters. The second kappa shape index (κ2) is 6.12. The Morgan fingerprint density at radius 3 is 2.69 bits per heavy atom. The molecule has 0 saturated carbocycles. The van der Waals surface area contributed by atoms with E-state index in [9.17, 15) is 14.9 Å². The largest absolute Gasteiger partial charge is 0.439 e. The van der Waals surface area contributed by atoms with Crippen molar-refractivity contribution in [2.75, 3.05) is 4.90 Å². The summed E-state index contributed by atoms with van der Waals surface area (Å²) in [6.45, 7) is 1.42. The summed E-state index contributed by atoms with van der Waals surface area (Å²) in [5, 5.41) is 9.60. The van der Waals surface area contributed by atoms with Crippen molar-refractivity contribution in [3.05, 3.63) is 60.0 Å². The molecule has 0 fully saturated rings. The fourth-order valence-electron chi connectivity index (χ4n) is 3.45. The van der Waals surface area contributed by atoms with Gasteiger partial charge in [0.25, 0.3) is 0 Å². The molecule has 3 aromatic rings. The minimum Gasteiger partial charge on any atom is -0.439 e. The number of amides is 1. The van der Waals surface area contributed by atoms with Crippen LogP contribution in [0, 0.1) is 11.3 Å². The van der Waals surface area contributed by atoms with Crippen molar-refractivity contribution in [2.45, 2.75) is 25.3 Å². The number of carbonyl (C=O) groups excluding carboxylic acids is 2. The number of oxazole rings is 1. The molecular formula is C20H15N3O3. The van der Waals surface area contributed by atoms with Gasteiger partial charge in [-0.3, -0.25) is 9.59 Å². The monoisotopic (exact) mass is 345 g/mol. The van der Waals surface area contributed by atoms with E-state index in [4.69, 9.17) is 4.42 Å². The summed E-state index contributed by atoms with van der Waals surface area (Å²) >= 11 is 0. The molecule has 6 nitrogen and oxygen atoms in total. The lowest BCUT2D eigenvalue weighted by molar-refractivity contribution is -0.124. The number of ketones is 1. The van der Waals surface area contributed by atoms with Gasteiger partial charge in [-0.25, -0.2) is 4.98 Å². The summed E-state index contributed by atoms with van der Waals surface area (Å²) in [6.07, 6.45) is 0.382. The molecule has 6 heteroatoms. The van der Waals surface area contributed by atoms with Crippen LogP contribution in [0.1, 0.15) is 24.3 Å². The van der Waals surface area contributed by atoms with Crippen LogP contribution in [0.2, 0.25) is 0 Å². The molecule has 0 N–H and O–H groups in total. The van der Waals surface area contributed by atoms with Gasteiger partial charge in [0, 0.05) is 19.0 Å². The van der Waals surface area contributed by atoms with E-state index in [1.165, 1.54) is 11.8 Å². The predicted octanol–water partition coefficient (Wildman–Crippen LogP) is 2.98. The maximum absolute atomic E-state index is 13.1. The van der Waals surface area contributed by atoms with Gasteiger partial charge in [-0.05, 0) is 23.8 Å². The molecule has 1 aromatic heterocycles. The molecular weight excluding hydrogens is 330 g/mol. The van der Waals surface area contributed by atoms with Crippen molar-refractivity contribution in [1.82, 2.24) is 4.98 Å². The van der Waals surface area contributed by atoms with Crippen molar-refractivity contribution in [3.63, 3.8) is 0 Å². The second-order valence-corrected chi connectivity index (χ2v) is 6.22. The SMILES string of the molecule is CC(=O)N1c2ccccc2C[C@H]1C(=O)C(C#N)c1nc2ccccc2o1. The van der Waals surface area contributed by atoms with Gasteiger partial charge in [-0.1, -0.05) is 30.3 Å². The third-order valence-corrected chi connectivity index (χ3v) is 4.61. The number of hydrogen-bond donors (Lipinski definition) is 0. The smallest absolute Gasteiger partial charge is 0.224 e. The van der Waals surface area contributed by atoms with Crippen LogP contribution in [0.3, 0.4) is 0 Å². The summed E-state index contributed by atoms with van der Waals surface area (Å²) in [4.78, 5) is 31.0. The van der Waals surface area contributed by atoms with E-state index in [2.05, 4.69) is 4.98 Å². The minimum absolute atomic E-state index is 0.0677. The van der Waals surface area contributed by atoms with Crippen molar-refractivity contribution < 1.29 is 14.0 Å². The van der Waals surface area contributed by atoms with Crippen molar-refractivity contribution in [3.8, 4) is 6.07 Å². The Morgan fingerprint density at radius 2 is 1.96 bits per heavy atom. The lowest BCUT2D eigenvalue weighted by Gasteiger charge is -2.24. The van der Waals surface area contributed by atoms with Crippen LogP contribution in [0.4, 0.5) is 5.69 Å². The van der Waals surface area contributed by atoms with Crippen LogP contribution in [0.5, 0.6) is 0 Å². The van der Waals surface area contributed by atoms with Crippen molar-refractivity contribution in [2.24, 2.45) is 0 Å². The number of anilines is 1. The molecule has 0 aliphatic carbocycles. The maximum atomic E-state index is 13.1. The van der Waals surface area contributed by atoms with Crippen LogP contribution in [0.15, 0.2) is 52.9 Å². The summed E-state index contributed by atoms with van der Waals surface area (Å²) in [5.41, 5.74) is 2.74. The highest BCUT2D eigenvalue weighted by atomic mass is 16.3. The lowest BCUT2D eigenvalue weighted by Crippen LogP contribution is -2.43. The molecule has 0 spiro atoms. The number of carbonyl (C=O) groups is 2. The summed E-state index contributed by atoms with van der Waals surface area (Å²) < 4.78 is 5.62. The number of fused-ring (bicyclic) bond motifs is 2. The molecule has 0 bridgehead atoms. The number of nitriles is 1. The van der Waals surface area contributed by atoms with Gasteiger partial charge in [-0.15, -0.1) is 0 Å². The summed E-state index contributed by atoms with van der Waals surface area (Å²) in [5.74, 6) is -1.71.